The van der Waals surface area contributed by atoms with Gasteiger partial charge in [0.25, 0.3) is 5.91 Å². The fourth-order valence-corrected chi connectivity index (χ4v) is 2.94. The maximum atomic E-state index is 12.8. The first-order valence-corrected chi connectivity index (χ1v) is 8.99. The van der Waals surface area contributed by atoms with Crippen LogP contribution in [0.4, 0.5) is 5.69 Å². The molecule has 0 unspecified atom stereocenters. The molecule has 0 spiro atoms. The minimum absolute atomic E-state index is 0.0418. The lowest BCUT2D eigenvalue weighted by molar-refractivity contribution is -0.114. The molecule has 1 aliphatic heterocycles. The van der Waals surface area contributed by atoms with Gasteiger partial charge in [0.1, 0.15) is 0 Å². The summed E-state index contributed by atoms with van der Waals surface area (Å²) in [5.41, 5.74) is 2.62. The van der Waals surface area contributed by atoms with Gasteiger partial charge in [-0.25, -0.2) is 0 Å². The highest BCUT2D eigenvalue weighted by Gasteiger charge is 2.28. The molecule has 6 heteroatoms. The number of hydrazone groups is 1. The Bertz CT molecular complexity index is 935. The van der Waals surface area contributed by atoms with E-state index in [4.69, 9.17) is 21.1 Å². The third kappa shape index (κ3) is 4.14. The monoisotopic (exact) mass is 384 g/mol. The molecule has 2 aromatic rings. The molecule has 0 atom stereocenters. The van der Waals surface area contributed by atoms with Gasteiger partial charge in [-0.05, 0) is 62.7 Å². The number of rotatable bonds is 5. The summed E-state index contributed by atoms with van der Waals surface area (Å²) in [6.45, 7) is 5.72. The van der Waals surface area contributed by atoms with E-state index in [2.05, 4.69) is 5.10 Å². The maximum Gasteiger partial charge on any atom is 0.280 e. The van der Waals surface area contributed by atoms with Gasteiger partial charge in [0.15, 0.2) is 11.5 Å². The number of hydrogen-bond acceptors (Lipinski definition) is 4. The molecule has 0 saturated heterocycles. The van der Waals surface area contributed by atoms with Gasteiger partial charge < -0.3 is 9.47 Å². The van der Waals surface area contributed by atoms with Crippen molar-refractivity contribution >= 4 is 35.0 Å². The van der Waals surface area contributed by atoms with E-state index in [0.717, 1.165) is 5.56 Å². The minimum atomic E-state index is -0.198. The van der Waals surface area contributed by atoms with Gasteiger partial charge in [-0.15, -0.1) is 0 Å². The van der Waals surface area contributed by atoms with Crippen molar-refractivity contribution in [2.45, 2.75) is 26.9 Å². The van der Waals surface area contributed by atoms with E-state index in [1.165, 1.54) is 5.01 Å². The molecular formula is C21H21ClN2O3. The van der Waals surface area contributed by atoms with Crippen LogP contribution in [0.5, 0.6) is 11.5 Å². The number of methoxy groups -OCH3 is 1. The van der Waals surface area contributed by atoms with E-state index in [1.807, 2.05) is 39.0 Å². The van der Waals surface area contributed by atoms with Gasteiger partial charge in [0.2, 0.25) is 0 Å². The summed E-state index contributed by atoms with van der Waals surface area (Å²) >= 11 is 6.03. The quantitative estimate of drug-likeness (QED) is 0.686. The lowest BCUT2D eigenvalue weighted by Gasteiger charge is -2.14. The number of nitrogens with zero attached hydrogens (tertiary/aromatic N) is 2. The Morgan fingerprint density at radius 1 is 1.15 bits per heavy atom. The number of carbonyl (C=O) groups is 1. The van der Waals surface area contributed by atoms with Crippen molar-refractivity contribution in [3.8, 4) is 11.5 Å². The molecule has 1 heterocycles. The summed E-state index contributed by atoms with van der Waals surface area (Å²) in [5, 5.41) is 6.29. The smallest absolute Gasteiger partial charge is 0.280 e. The first-order valence-electron chi connectivity index (χ1n) is 8.61. The Morgan fingerprint density at radius 2 is 1.93 bits per heavy atom. The van der Waals surface area contributed by atoms with Crippen LogP contribution in [-0.4, -0.2) is 24.8 Å². The standard InChI is InChI=1S/C21H21ClN2O3/c1-13(2)27-19-9-8-15(11-20(19)26-4)10-18-14(3)23-24(21(18)25)17-7-5-6-16(22)12-17/h5-13H,1-4H3/b18-10+. The van der Waals surface area contributed by atoms with E-state index < -0.39 is 0 Å². The molecule has 27 heavy (non-hydrogen) atoms. The predicted molar refractivity (Wildman–Crippen MR) is 109 cm³/mol. The molecule has 0 fully saturated rings. The molecule has 0 aliphatic carbocycles. The molecule has 0 saturated carbocycles. The van der Waals surface area contributed by atoms with Gasteiger partial charge in [0.05, 0.1) is 30.2 Å². The fraction of sp³-hybridized carbons (Fsp3) is 0.238. The Balaban J connectivity index is 1.91. The van der Waals surface area contributed by atoms with Crippen LogP contribution in [0.15, 0.2) is 53.1 Å². The van der Waals surface area contributed by atoms with Crippen molar-refractivity contribution in [1.29, 1.82) is 0 Å². The molecule has 0 bridgehead atoms. The molecule has 140 valence electrons. The van der Waals surface area contributed by atoms with Gasteiger partial charge in [-0.2, -0.15) is 10.1 Å². The zero-order valence-electron chi connectivity index (χ0n) is 15.7. The van der Waals surface area contributed by atoms with Crippen LogP contribution in [0.1, 0.15) is 26.3 Å². The lowest BCUT2D eigenvalue weighted by atomic mass is 10.1. The van der Waals surface area contributed by atoms with Crippen molar-refractivity contribution in [1.82, 2.24) is 0 Å². The molecule has 1 aliphatic rings. The minimum Gasteiger partial charge on any atom is -0.493 e. The average Bonchev–Trinajstić information content (AvgIpc) is 2.90. The molecule has 0 N–H and O–H groups in total. The Labute approximate surface area is 163 Å². The van der Waals surface area contributed by atoms with Gasteiger partial charge >= 0.3 is 0 Å². The second-order valence-corrected chi connectivity index (χ2v) is 6.85. The number of hydrogen-bond donors (Lipinski definition) is 0. The number of anilines is 1. The van der Waals surface area contributed by atoms with Crippen LogP contribution in [-0.2, 0) is 4.79 Å². The number of carbonyl (C=O) groups excluding carboxylic acids is 1. The highest BCUT2D eigenvalue weighted by molar-refractivity contribution is 6.33. The molecule has 1 amide bonds. The molecule has 0 radical (unpaired) electrons. The summed E-state index contributed by atoms with van der Waals surface area (Å²) in [7, 11) is 1.59. The van der Waals surface area contributed by atoms with E-state index in [1.54, 1.807) is 37.5 Å². The summed E-state index contributed by atoms with van der Waals surface area (Å²) < 4.78 is 11.1. The SMILES string of the molecule is COc1cc(/C=C2/C(=O)N(c3cccc(Cl)c3)N=C2C)ccc1OC(C)C. The van der Waals surface area contributed by atoms with Crippen LogP contribution in [0.25, 0.3) is 6.08 Å². The number of ether oxygens (including phenoxy) is 2. The lowest BCUT2D eigenvalue weighted by Crippen LogP contribution is -2.21. The van der Waals surface area contributed by atoms with Gasteiger partial charge in [0, 0.05) is 5.02 Å². The number of amides is 1. The van der Waals surface area contributed by atoms with Crippen molar-refractivity contribution < 1.29 is 14.3 Å². The maximum absolute atomic E-state index is 12.8. The summed E-state index contributed by atoms with van der Waals surface area (Å²) in [4.78, 5) is 12.8. The van der Waals surface area contributed by atoms with E-state index >= 15 is 0 Å². The highest BCUT2D eigenvalue weighted by Crippen LogP contribution is 2.31. The van der Waals surface area contributed by atoms with Crippen molar-refractivity contribution in [3.05, 3.63) is 58.6 Å². The summed E-state index contributed by atoms with van der Waals surface area (Å²) in [6.07, 6.45) is 1.84. The van der Waals surface area contributed by atoms with E-state index in [0.29, 0.717) is 33.5 Å². The molecule has 2 aromatic carbocycles. The third-order valence-corrected chi connectivity index (χ3v) is 4.21. The number of benzene rings is 2. The third-order valence-electron chi connectivity index (χ3n) is 3.98. The normalized spacial score (nSPS) is 15.5. The van der Waals surface area contributed by atoms with E-state index in [9.17, 15) is 4.79 Å². The first kappa shape index (κ1) is 19.0. The second-order valence-electron chi connectivity index (χ2n) is 6.42. The van der Waals surface area contributed by atoms with E-state index in [-0.39, 0.29) is 12.0 Å². The van der Waals surface area contributed by atoms with Crippen LogP contribution in [0.2, 0.25) is 5.02 Å². The van der Waals surface area contributed by atoms with Crippen LogP contribution in [0, 0.1) is 0 Å². The predicted octanol–water partition coefficient (Wildman–Crippen LogP) is 4.94. The molecule has 5 nitrogen and oxygen atoms in total. The summed E-state index contributed by atoms with van der Waals surface area (Å²) in [5.74, 6) is 1.08. The highest BCUT2D eigenvalue weighted by atomic mass is 35.5. The van der Waals surface area contributed by atoms with Crippen molar-refractivity contribution in [3.63, 3.8) is 0 Å². The van der Waals surface area contributed by atoms with Crippen molar-refractivity contribution in [2.24, 2.45) is 5.10 Å². The summed E-state index contributed by atoms with van der Waals surface area (Å²) in [6, 6.07) is 12.6. The molecule has 3 rings (SSSR count). The molecule has 0 aromatic heterocycles. The Morgan fingerprint density at radius 3 is 2.59 bits per heavy atom. The topological polar surface area (TPSA) is 51.1 Å². The average molecular weight is 385 g/mol. The second kappa shape index (κ2) is 7.84. The number of halogens is 1. The fourth-order valence-electron chi connectivity index (χ4n) is 2.76. The van der Waals surface area contributed by atoms with Crippen LogP contribution >= 0.6 is 11.6 Å². The van der Waals surface area contributed by atoms with Gasteiger partial charge in [-0.1, -0.05) is 23.7 Å². The Kier molecular flexibility index (Phi) is 5.51. The van der Waals surface area contributed by atoms with Crippen LogP contribution < -0.4 is 14.5 Å². The Hall–Kier alpha value is -2.79. The van der Waals surface area contributed by atoms with Crippen molar-refractivity contribution in [2.75, 3.05) is 12.1 Å². The van der Waals surface area contributed by atoms with Crippen LogP contribution in [0.3, 0.4) is 0 Å². The zero-order chi connectivity index (χ0) is 19.6. The first-order chi connectivity index (χ1) is 12.9. The van der Waals surface area contributed by atoms with Gasteiger partial charge in [-0.3, -0.25) is 4.79 Å². The molecular weight excluding hydrogens is 364 g/mol. The zero-order valence-corrected chi connectivity index (χ0v) is 16.4. The largest absolute Gasteiger partial charge is 0.493 e.